The van der Waals surface area contributed by atoms with Crippen LogP contribution >= 0.6 is 11.6 Å². The van der Waals surface area contributed by atoms with Crippen LogP contribution in [0.3, 0.4) is 0 Å². The summed E-state index contributed by atoms with van der Waals surface area (Å²) in [4.78, 5) is 2.31. The normalized spacial score (nSPS) is 18.0. The maximum atomic E-state index is 6.28. The molecule has 0 amide bonds. The second-order valence-electron chi connectivity index (χ2n) is 5.53. The maximum absolute atomic E-state index is 6.28. The van der Waals surface area contributed by atoms with Gasteiger partial charge in [0.25, 0.3) is 0 Å². The molecule has 0 bridgehead atoms. The lowest BCUT2D eigenvalue weighted by Gasteiger charge is -2.24. The predicted molar refractivity (Wildman–Crippen MR) is 79.3 cm³/mol. The highest BCUT2D eigenvalue weighted by molar-refractivity contribution is 6.31. The van der Waals surface area contributed by atoms with Crippen LogP contribution < -0.4 is 10.6 Å². The first-order chi connectivity index (χ1) is 8.58. The maximum Gasteiger partial charge on any atom is 0.0474 e. The van der Waals surface area contributed by atoms with Crippen molar-refractivity contribution in [3.8, 4) is 0 Å². The lowest BCUT2D eigenvalue weighted by Crippen LogP contribution is -2.24. The van der Waals surface area contributed by atoms with Gasteiger partial charge in [0.2, 0.25) is 0 Å². The minimum absolute atomic E-state index is 0.00770. The molecule has 2 nitrogen and oxygen atoms in total. The van der Waals surface area contributed by atoms with E-state index in [4.69, 9.17) is 17.3 Å². The Balaban J connectivity index is 2.05. The summed E-state index contributed by atoms with van der Waals surface area (Å²) in [6.45, 7) is 3.09. The van der Waals surface area contributed by atoms with Gasteiger partial charge in [-0.3, -0.25) is 0 Å². The van der Waals surface area contributed by atoms with Gasteiger partial charge in [0.15, 0.2) is 0 Å². The van der Waals surface area contributed by atoms with E-state index in [1.54, 1.807) is 0 Å². The molecule has 1 aromatic carbocycles. The van der Waals surface area contributed by atoms with Crippen molar-refractivity contribution in [2.75, 3.05) is 18.5 Å². The van der Waals surface area contributed by atoms with Gasteiger partial charge in [-0.05, 0) is 43.4 Å². The summed E-state index contributed by atoms with van der Waals surface area (Å²) >= 11 is 6.28. The second-order valence-corrected chi connectivity index (χ2v) is 5.93. The molecule has 100 valence electrons. The van der Waals surface area contributed by atoms with Crippen LogP contribution in [0.1, 0.15) is 44.2 Å². The van der Waals surface area contributed by atoms with Crippen LogP contribution in [0.5, 0.6) is 0 Å². The number of rotatable bonds is 4. The molecule has 0 heterocycles. The Morgan fingerprint density at radius 3 is 2.61 bits per heavy atom. The second kappa shape index (κ2) is 5.94. The van der Waals surface area contributed by atoms with Crippen molar-refractivity contribution in [2.45, 2.75) is 38.6 Å². The largest absolute Gasteiger partial charge is 0.374 e. The number of nitrogens with zero attached hydrogens (tertiary/aromatic N) is 1. The predicted octanol–water partition coefficient (Wildman–Crippen LogP) is 3.99. The fraction of sp³-hybridized carbons (Fsp3) is 0.600. The van der Waals surface area contributed by atoms with E-state index in [0.717, 1.165) is 23.0 Å². The van der Waals surface area contributed by atoms with Crippen molar-refractivity contribution in [1.29, 1.82) is 0 Å². The third-order valence-corrected chi connectivity index (χ3v) is 4.25. The highest BCUT2D eigenvalue weighted by Gasteiger charge is 2.17. The van der Waals surface area contributed by atoms with E-state index >= 15 is 0 Å². The van der Waals surface area contributed by atoms with Gasteiger partial charge in [0, 0.05) is 30.3 Å². The summed E-state index contributed by atoms with van der Waals surface area (Å²) < 4.78 is 0. The van der Waals surface area contributed by atoms with Crippen molar-refractivity contribution >= 4 is 17.3 Å². The van der Waals surface area contributed by atoms with Crippen molar-refractivity contribution in [1.82, 2.24) is 0 Å². The van der Waals surface area contributed by atoms with Crippen LogP contribution in [0.25, 0.3) is 0 Å². The molecular formula is C15H23ClN2. The van der Waals surface area contributed by atoms with Gasteiger partial charge in [0.1, 0.15) is 0 Å². The van der Waals surface area contributed by atoms with E-state index in [-0.39, 0.29) is 6.04 Å². The van der Waals surface area contributed by atoms with Crippen molar-refractivity contribution in [2.24, 2.45) is 11.7 Å². The highest BCUT2D eigenvalue weighted by Crippen LogP contribution is 2.29. The van der Waals surface area contributed by atoms with Gasteiger partial charge >= 0.3 is 0 Å². The summed E-state index contributed by atoms with van der Waals surface area (Å²) in [6.07, 6.45) is 5.53. The number of hydrogen-bond donors (Lipinski definition) is 1. The third kappa shape index (κ3) is 3.18. The van der Waals surface area contributed by atoms with Crippen LogP contribution in [-0.2, 0) is 0 Å². The number of anilines is 1. The Bertz CT molecular complexity index is 397. The molecule has 1 unspecified atom stereocenters. The number of benzene rings is 1. The molecule has 2 N–H and O–H groups in total. The Kier molecular flexibility index (Phi) is 4.52. The fourth-order valence-electron chi connectivity index (χ4n) is 2.81. The lowest BCUT2D eigenvalue weighted by atomic mass is 10.1. The molecular weight excluding hydrogens is 244 g/mol. The van der Waals surface area contributed by atoms with Gasteiger partial charge in [0.05, 0.1) is 0 Å². The zero-order chi connectivity index (χ0) is 13.1. The molecule has 0 aliphatic heterocycles. The van der Waals surface area contributed by atoms with Gasteiger partial charge in [-0.2, -0.15) is 0 Å². The van der Waals surface area contributed by atoms with Crippen molar-refractivity contribution in [3.05, 3.63) is 28.8 Å². The molecule has 0 radical (unpaired) electrons. The van der Waals surface area contributed by atoms with Gasteiger partial charge < -0.3 is 10.6 Å². The Morgan fingerprint density at radius 1 is 1.39 bits per heavy atom. The highest BCUT2D eigenvalue weighted by atomic mass is 35.5. The number of halogens is 1. The summed E-state index contributed by atoms with van der Waals surface area (Å²) in [5, 5.41) is 0.778. The van der Waals surface area contributed by atoms with Crippen LogP contribution in [-0.4, -0.2) is 13.6 Å². The Labute approximate surface area is 115 Å². The molecule has 3 heteroatoms. The smallest absolute Gasteiger partial charge is 0.0474 e. The standard InChI is InChI=1S/C15H23ClN2/c1-11(17)14-8-7-13(9-15(14)16)18(2)10-12-5-3-4-6-12/h7-9,11-12H,3-6,10,17H2,1-2H3. The van der Waals surface area contributed by atoms with Crippen LogP contribution in [0, 0.1) is 5.92 Å². The first kappa shape index (κ1) is 13.7. The average molecular weight is 267 g/mol. The summed E-state index contributed by atoms with van der Waals surface area (Å²) in [5.74, 6) is 0.849. The number of nitrogens with two attached hydrogens (primary N) is 1. The van der Waals surface area contributed by atoms with E-state index in [9.17, 15) is 0 Å². The van der Waals surface area contributed by atoms with Gasteiger partial charge in [-0.1, -0.05) is 30.5 Å². The van der Waals surface area contributed by atoms with E-state index in [1.807, 2.05) is 19.1 Å². The minimum atomic E-state index is -0.00770. The summed E-state index contributed by atoms with van der Waals surface area (Å²) in [6, 6.07) is 6.20. The van der Waals surface area contributed by atoms with E-state index in [2.05, 4.69) is 18.0 Å². The fourth-order valence-corrected chi connectivity index (χ4v) is 3.16. The van der Waals surface area contributed by atoms with Crippen molar-refractivity contribution < 1.29 is 0 Å². The van der Waals surface area contributed by atoms with Crippen LogP contribution in [0.4, 0.5) is 5.69 Å². The minimum Gasteiger partial charge on any atom is -0.374 e. The molecule has 1 aliphatic carbocycles. The SMILES string of the molecule is CC(N)c1ccc(N(C)CC2CCCC2)cc1Cl. The quantitative estimate of drug-likeness (QED) is 0.893. The zero-order valence-corrected chi connectivity index (χ0v) is 12.1. The lowest BCUT2D eigenvalue weighted by molar-refractivity contribution is 0.547. The topological polar surface area (TPSA) is 29.3 Å². The Hall–Kier alpha value is -0.730. The Morgan fingerprint density at radius 2 is 2.06 bits per heavy atom. The van der Waals surface area contributed by atoms with Crippen LogP contribution in [0.2, 0.25) is 5.02 Å². The molecule has 1 fully saturated rings. The molecule has 0 spiro atoms. The molecule has 1 atom stereocenters. The summed E-state index contributed by atoms with van der Waals surface area (Å²) in [5.41, 5.74) is 8.09. The molecule has 1 aliphatic rings. The van der Waals surface area contributed by atoms with E-state index < -0.39 is 0 Å². The average Bonchev–Trinajstić information content (AvgIpc) is 2.81. The third-order valence-electron chi connectivity index (χ3n) is 3.92. The molecule has 0 aromatic heterocycles. The molecule has 1 saturated carbocycles. The molecule has 18 heavy (non-hydrogen) atoms. The first-order valence-electron chi connectivity index (χ1n) is 6.84. The van der Waals surface area contributed by atoms with E-state index in [1.165, 1.54) is 31.4 Å². The molecule has 1 aromatic rings. The van der Waals surface area contributed by atoms with E-state index in [0.29, 0.717) is 0 Å². The molecule has 0 saturated heterocycles. The van der Waals surface area contributed by atoms with Crippen LogP contribution in [0.15, 0.2) is 18.2 Å². The molecule has 2 rings (SSSR count). The first-order valence-corrected chi connectivity index (χ1v) is 7.22. The number of hydrogen-bond acceptors (Lipinski definition) is 2. The summed E-state index contributed by atoms with van der Waals surface area (Å²) in [7, 11) is 2.15. The van der Waals surface area contributed by atoms with Crippen molar-refractivity contribution in [3.63, 3.8) is 0 Å². The van der Waals surface area contributed by atoms with Gasteiger partial charge in [-0.15, -0.1) is 0 Å². The monoisotopic (exact) mass is 266 g/mol. The van der Waals surface area contributed by atoms with Gasteiger partial charge in [-0.25, -0.2) is 0 Å². The zero-order valence-electron chi connectivity index (χ0n) is 11.3.